The molecule has 0 spiro atoms. The van der Waals surface area contributed by atoms with Gasteiger partial charge in [-0.15, -0.1) is 0 Å². The minimum Gasteiger partial charge on any atom is -0.313 e. The molecule has 10 rings (SSSR count). The van der Waals surface area contributed by atoms with Gasteiger partial charge in [0, 0.05) is 56.2 Å². The number of hydrogen-bond acceptors (Lipinski definition) is 3. The molecule has 5 heteroatoms. The number of benzene rings is 7. The lowest BCUT2D eigenvalue weighted by molar-refractivity contribution is 1.00. The number of aromatic nitrogens is 5. The first-order valence-electron chi connectivity index (χ1n) is 20.3. The standard InChI is InChI=1S/C55H41N5/c1-3-5-6-13-27-48-43(4-2)44-24-14-17-28-49(44)59(48)42-35-36-46-45-25-15-18-29-50(45)60(52(46)37-42)51-30-19-16-26-47(51)55-57-53(40-22-11-8-12-23-40)56-54(58-55)41-33-31-39(32-34-41)38-20-9-7-10-21-38/h3-26,28-37H,2,27H2,1H3/b5-3-,13-6-. The summed E-state index contributed by atoms with van der Waals surface area (Å²) in [4.78, 5) is 15.5. The Morgan fingerprint density at radius 2 is 1.03 bits per heavy atom. The van der Waals surface area contributed by atoms with Gasteiger partial charge in [0.1, 0.15) is 0 Å². The molecule has 0 N–H and O–H groups in total. The van der Waals surface area contributed by atoms with Gasteiger partial charge < -0.3 is 9.13 Å². The van der Waals surface area contributed by atoms with Crippen LogP contribution in [0.15, 0.2) is 207 Å². The summed E-state index contributed by atoms with van der Waals surface area (Å²) in [5.41, 5.74) is 12.8. The van der Waals surface area contributed by atoms with Crippen LogP contribution < -0.4 is 0 Å². The Hall–Kier alpha value is -7.89. The number of nitrogens with zero attached hydrogens (tertiary/aromatic N) is 5. The summed E-state index contributed by atoms with van der Waals surface area (Å²) in [5, 5.41) is 3.52. The average Bonchev–Trinajstić information content (AvgIpc) is 3.82. The second-order valence-electron chi connectivity index (χ2n) is 14.8. The molecule has 7 aromatic carbocycles. The Morgan fingerprint density at radius 1 is 0.483 bits per heavy atom. The van der Waals surface area contributed by atoms with E-state index in [4.69, 9.17) is 15.0 Å². The van der Waals surface area contributed by atoms with Crippen LogP contribution in [0, 0.1) is 0 Å². The Bertz CT molecular complexity index is 3240. The van der Waals surface area contributed by atoms with Gasteiger partial charge in [-0.25, -0.2) is 15.0 Å². The molecule has 0 saturated carbocycles. The third-order valence-electron chi connectivity index (χ3n) is 11.2. The summed E-state index contributed by atoms with van der Waals surface area (Å²) < 4.78 is 4.77. The van der Waals surface area contributed by atoms with Crippen LogP contribution in [0.1, 0.15) is 18.2 Å². The molecule has 0 aliphatic rings. The second-order valence-corrected chi connectivity index (χ2v) is 14.8. The molecule has 60 heavy (non-hydrogen) atoms. The summed E-state index contributed by atoms with van der Waals surface area (Å²) in [6, 6.07) is 61.6. The van der Waals surface area contributed by atoms with E-state index in [0.29, 0.717) is 17.5 Å². The predicted molar refractivity (Wildman–Crippen MR) is 250 cm³/mol. The highest BCUT2D eigenvalue weighted by Gasteiger charge is 2.21. The normalized spacial score (nSPS) is 11.8. The summed E-state index contributed by atoms with van der Waals surface area (Å²) in [6.07, 6.45) is 11.2. The van der Waals surface area contributed by atoms with Crippen molar-refractivity contribution in [3.8, 4) is 56.7 Å². The molecule has 0 aliphatic heterocycles. The SMILES string of the molecule is C=Cc1c(C/C=C\C=C/C)n(-c2ccc3c4ccccc4n(-c4ccccc4-c4nc(-c5ccccc5)nc(-c5ccc(-c6ccccc6)cc5)n4)c3c2)c2ccccc12. The average molecular weight is 772 g/mol. The van der Waals surface area contributed by atoms with Crippen molar-refractivity contribution in [3.63, 3.8) is 0 Å². The van der Waals surface area contributed by atoms with Gasteiger partial charge in [0.15, 0.2) is 17.5 Å². The molecule has 0 atom stereocenters. The predicted octanol–water partition coefficient (Wildman–Crippen LogP) is 13.9. The van der Waals surface area contributed by atoms with Crippen molar-refractivity contribution < 1.29 is 0 Å². The fraction of sp³-hybridized carbons (Fsp3) is 0.0364. The van der Waals surface area contributed by atoms with Crippen molar-refractivity contribution in [1.82, 2.24) is 24.1 Å². The zero-order valence-corrected chi connectivity index (χ0v) is 33.3. The number of rotatable bonds is 10. The van der Waals surface area contributed by atoms with Crippen molar-refractivity contribution in [2.45, 2.75) is 13.3 Å². The van der Waals surface area contributed by atoms with Crippen molar-refractivity contribution in [2.24, 2.45) is 0 Å². The number of fused-ring (bicyclic) bond motifs is 4. The van der Waals surface area contributed by atoms with Crippen molar-refractivity contribution in [1.29, 1.82) is 0 Å². The maximum atomic E-state index is 5.24. The smallest absolute Gasteiger partial charge is 0.166 e. The molecular weight excluding hydrogens is 731 g/mol. The zero-order chi connectivity index (χ0) is 40.4. The quantitative estimate of drug-likeness (QED) is 0.130. The first-order valence-corrected chi connectivity index (χ1v) is 20.3. The minimum atomic E-state index is 0.603. The molecule has 286 valence electrons. The number of allylic oxidation sites excluding steroid dienone is 4. The Kier molecular flexibility index (Phi) is 9.60. The number of para-hydroxylation sites is 3. The maximum absolute atomic E-state index is 5.24. The molecule has 3 heterocycles. The van der Waals surface area contributed by atoms with Crippen LogP contribution in [-0.2, 0) is 6.42 Å². The first kappa shape index (κ1) is 36.5. The van der Waals surface area contributed by atoms with Crippen LogP contribution in [0.3, 0.4) is 0 Å². The molecular formula is C55H41N5. The first-order chi connectivity index (χ1) is 29.7. The molecule has 0 aliphatic carbocycles. The van der Waals surface area contributed by atoms with Gasteiger partial charge in [-0.2, -0.15) is 0 Å². The van der Waals surface area contributed by atoms with Gasteiger partial charge in [0.25, 0.3) is 0 Å². The van der Waals surface area contributed by atoms with Gasteiger partial charge in [-0.3, -0.25) is 0 Å². The van der Waals surface area contributed by atoms with Gasteiger partial charge >= 0.3 is 0 Å². The molecule has 0 radical (unpaired) electrons. The van der Waals surface area contributed by atoms with Crippen LogP contribution in [0.25, 0.3) is 95.5 Å². The molecule has 0 unspecified atom stereocenters. The van der Waals surface area contributed by atoms with Gasteiger partial charge in [0.05, 0.1) is 22.2 Å². The summed E-state index contributed by atoms with van der Waals surface area (Å²) in [5.74, 6) is 1.84. The third kappa shape index (κ3) is 6.52. The van der Waals surface area contributed by atoms with E-state index in [9.17, 15) is 0 Å². The topological polar surface area (TPSA) is 48.5 Å². The largest absolute Gasteiger partial charge is 0.313 e. The van der Waals surface area contributed by atoms with Crippen LogP contribution in [0.4, 0.5) is 0 Å². The highest BCUT2D eigenvalue weighted by Crippen LogP contribution is 2.39. The summed E-state index contributed by atoms with van der Waals surface area (Å²) >= 11 is 0. The highest BCUT2D eigenvalue weighted by atomic mass is 15.1. The highest BCUT2D eigenvalue weighted by molar-refractivity contribution is 6.10. The molecule has 3 aromatic heterocycles. The molecule has 0 amide bonds. The van der Waals surface area contributed by atoms with Crippen LogP contribution in [0.2, 0.25) is 0 Å². The third-order valence-corrected chi connectivity index (χ3v) is 11.2. The lowest BCUT2D eigenvalue weighted by atomic mass is 10.0. The Balaban J connectivity index is 1.18. The second kappa shape index (κ2) is 15.8. The van der Waals surface area contributed by atoms with Crippen LogP contribution in [0.5, 0.6) is 0 Å². The van der Waals surface area contributed by atoms with E-state index in [2.05, 4.69) is 192 Å². The van der Waals surface area contributed by atoms with E-state index in [1.54, 1.807) is 0 Å². The Morgan fingerprint density at radius 3 is 1.75 bits per heavy atom. The van der Waals surface area contributed by atoms with Crippen molar-refractivity contribution >= 4 is 38.8 Å². The molecule has 0 bridgehead atoms. The molecule has 5 nitrogen and oxygen atoms in total. The molecule has 0 saturated heterocycles. The van der Waals surface area contributed by atoms with E-state index in [-0.39, 0.29) is 0 Å². The van der Waals surface area contributed by atoms with E-state index < -0.39 is 0 Å². The fourth-order valence-corrected chi connectivity index (χ4v) is 8.41. The van der Waals surface area contributed by atoms with Crippen molar-refractivity contribution in [2.75, 3.05) is 0 Å². The van der Waals surface area contributed by atoms with E-state index in [1.165, 1.54) is 21.9 Å². The monoisotopic (exact) mass is 771 g/mol. The van der Waals surface area contributed by atoms with E-state index in [1.807, 2.05) is 37.3 Å². The van der Waals surface area contributed by atoms with Gasteiger partial charge in [0.2, 0.25) is 0 Å². The minimum absolute atomic E-state index is 0.603. The van der Waals surface area contributed by atoms with Crippen molar-refractivity contribution in [3.05, 3.63) is 218 Å². The van der Waals surface area contributed by atoms with Gasteiger partial charge in [-0.05, 0) is 54.4 Å². The molecule has 0 fully saturated rings. The Labute approximate surface area is 349 Å². The van der Waals surface area contributed by atoms with E-state index >= 15 is 0 Å². The van der Waals surface area contributed by atoms with E-state index in [0.717, 1.165) is 67.7 Å². The molecule has 10 aromatic rings. The van der Waals surface area contributed by atoms with Gasteiger partial charge in [-0.1, -0.05) is 176 Å². The van der Waals surface area contributed by atoms with Crippen LogP contribution >= 0.6 is 0 Å². The lowest BCUT2D eigenvalue weighted by Crippen LogP contribution is -2.04. The maximum Gasteiger partial charge on any atom is 0.166 e. The summed E-state index contributed by atoms with van der Waals surface area (Å²) in [7, 11) is 0. The van der Waals surface area contributed by atoms with Crippen LogP contribution in [-0.4, -0.2) is 24.1 Å². The lowest BCUT2D eigenvalue weighted by Gasteiger charge is -2.16. The fourth-order valence-electron chi connectivity index (χ4n) is 8.41. The number of hydrogen-bond donors (Lipinski definition) is 0. The summed E-state index contributed by atoms with van der Waals surface area (Å²) in [6.45, 7) is 6.30. The zero-order valence-electron chi connectivity index (χ0n) is 33.3.